The number of carbonyl (C=O) groups is 3. The van der Waals surface area contributed by atoms with Gasteiger partial charge >= 0.3 is 12.0 Å². The number of hydrogen-bond acceptors (Lipinski definition) is 7. The minimum atomic E-state index is -0.609. The molecule has 1 aromatic carbocycles. The van der Waals surface area contributed by atoms with E-state index in [1.54, 1.807) is 18.2 Å². The molecule has 1 unspecified atom stereocenters. The van der Waals surface area contributed by atoms with E-state index in [4.69, 9.17) is 9.84 Å². The average molecular weight is 489 g/mol. The van der Waals surface area contributed by atoms with Crippen LogP contribution < -0.4 is 10.2 Å². The third-order valence-corrected chi connectivity index (χ3v) is 6.91. The molecule has 0 aliphatic carbocycles. The van der Waals surface area contributed by atoms with E-state index >= 15 is 0 Å². The number of nitrogens with one attached hydrogen (secondary N) is 1. The van der Waals surface area contributed by atoms with Crippen molar-refractivity contribution in [2.75, 3.05) is 18.1 Å². The van der Waals surface area contributed by atoms with Gasteiger partial charge in [0.15, 0.2) is 0 Å². The highest BCUT2D eigenvalue weighted by Gasteiger charge is 2.38. The molecule has 1 aliphatic heterocycles. The number of nitrogens with zero attached hydrogens (tertiary/aromatic N) is 1. The van der Waals surface area contributed by atoms with Crippen LogP contribution >= 0.6 is 11.3 Å². The Morgan fingerprint density at radius 3 is 2.62 bits per heavy atom. The molecule has 2 atom stereocenters. The second-order valence-corrected chi connectivity index (χ2v) is 9.47. The Labute approximate surface area is 203 Å². The maximum absolute atomic E-state index is 12.5. The number of rotatable bonds is 13. The zero-order valence-corrected chi connectivity index (χ0v) is 20.2. The van der Waals surface area contributed by atoms with Crippen LogP contribution in [0.3, 0.4) is 0 Å². The van der Waals surface area contributed by atoms with Crippen molar-refractivity contribution in [1.82, 2.24) is 5.32 Å². The fourth-order valence-corrected chi connectivity index (χ4v) is 4.92. The maximum atomic E-state index is 12.5. The summed E-state index contributed by atoms with van der Waals surface area (Å²) in [5, 5.41) is 21.5. The van der Waals surface area contributed by atoms with Gasteiger partial charge in [-0.3, -0.25) is 15.0 Å². The molecule has 1 aromatic heterocycles. The lowest BCUT2D eigenvalue weighted by Crippen LogP contribution is -2.35. The first-order valence-corrected chi connectivity index (χ1v) is 12.5. The smallest absolute Gasteiger partial charge is 0.348 e. The van der Waals surface area contributed by atoms with Crippen LogP contribution in [0.4, 0.5) is 10.5 Å². The molecule has 2 heterocycles. The third kappa shape index (κ3) is 6.65. The molecular weight excluding hydrogens is 456 g/mol. The number of thiophene rings is 1. The van der Waals surface area contributed by atoms with Crippen LogP contribution in [-0.2, 0) is 16.0 Å². The van der Waals surface area contributed by atoms with Crippen molar-refractivity contribution >= 4 is 34.9 Å². The van der Waals surface area contributed by atoms with Gasteiger partial charge in [-0.05, 0) is 55.5 Å². The predicted molar refractivity (Wildman–Crippen MR) is 130 cm³/mol. The van der Waals surface area contributed by atoms with Crippen LogP contribution in [0.5, 0.6) is 0 Å². The number of aliphatic hydroxyl groups excluding tert-OH is 2. The van der Waals surface area contributed by atoms with Gasteiger partial charge in [-0.2, -0.15) is 0 Å². The lowest BCUT2D eigenvalue weighted by Gasteiger charge is -2.22. The minimum absolute atomic E-state index is 0.0362. The Balaban J connectivity index is 1.58. The van der Waals surface area contributed by atoms with Crippen molar-refractivity contribution in [1.29, 1.82) is 0 Å². The number of aliphatic hydroxyl groups is 2. The highest BCUT2D eigenvalue weighted by molar-refractivity contribution is 7.13. The number of amides is 3. The second kappa shape index (κ2) is 12.6. The van der Waals surface area contributed by atoms with Gasteiger partial charge in [0.05, 0.1) is 12.7 Å². The Bertz CT molecular complexity index is 974. The third-order valence-electron chi connectivity index (χ3n) is 5.79. The first kappa shape index (κ1) is 25.9. The van der Waals surface area contributed by atoms with Crippen LogP contribution in [0.1, 0.15) is 71.7 Å². The summed E-state index contributed by atoms with van der Waals surface area (Å²) in [6, 6.07) is 9.64. The number of hydrogen-bond donors (Lipinski definition) is 3. The van der Waals surface area contributed by atoms with E-state index in [0.29, 0.717) is 36.2 Å². The molecule has 3 N–H and O–H groups in total. The summed E-state index contributed by atoms with van der Waals surface area (Å²) < 4.78 is 4.92. The molecular formula is C25H32N2O6S. The van der Waals surface area contributed by atoms with E-state index in [1.807, 2.05) is 18.2 Å². The molecule has 1 fully saturated rings. The van der Waals surface area contributed by atoms with Crippen molar-refractivity contribution in [3.05, 3.63) is 51.7 Å². The van der Waals surface area contributed by atoms with E-state index < -0.39 is 24.1 Å². The van der Waals surface area contributed by atoms with Gasteiger partial charge in [-0.15, -0.1) is 11.3 Å². The zero-order chi connectivity index (χ0) is 24.5. The Morgan fingerprint density at radius 1 is 1.15 bits per heavy atom. The van der Waals surface area contributed by atoms with Gasteiger partial charge in [0.25, 0.3) is 5.91 Å². The van der Waals surface area contributed by atoms with Crippen molar-refractivity contribution in [3.63, 3.8) is 0 Å². The summed E-state index contributed by atoms with van der Waals surface area (Å²) in [6.45, 7) is 1.87. The molecule has 8 nitrogen and oxygen atoms in total. The van der Waals surface area contributed by atoms with Crippen molar-refractivity contribution in [3.8, 4) is 0 Å². The van der Waals surface area contributed by atoms with Gasteiger partial charge in [0.1, 0.15) is 17.5 Å². The fraction of sp³-hybridized carbons (Fsp3) is 0.480. The summed E-state index contributed by atoms with van der Waals surface area (Å²) in [5.41, 5.74) is 1.41. The average Bonchev–Trinajstić information content (AvgIpc) is 3.41. The summed E-state index contributed by atoms with van der Waals surface area (Å²) in [6.07, 6.45) is 5.07. The summed E-state index contributed by atoms with van der Waals surface area (Å²) >= 11 is 1.32. The molecule has 0 saturated carbocycles. The number of benzene rings is 1. The van der Waals surface area contributed by atoms with E-state index in [9.17, 15) is 19.5 Å². The van der Waals surface area contributed by atoms with Crippen LogP contribution in [0, 0.1) is 0 Å². The highest BCUT2D eigenvalue weighted by atomic mass is 32.1. The standard InChI is InChI=1S/C25H32N2O6S/c1-2-3-4-8-21(29)17-9-11-18(12-10-17)27-20(23(30)26-25(27)32)7-5-6-19-13-14-22(34-19)24(31)33-16-15-28/h9-14,20-21,28-29H,2-8,15-16H2,1H3,(H,26,30,32)/t20-,21?/m0/s1. The molecule has 3 amide bonds. The predicted octanol–water partition coefficient (Wildman–Crippen LogP) is 3.96. The monoisotopic (exact) mass is 488 g/mol. The van der Waals surface area contributed by atoms with Crippen LogP contribution in [0.25, 0.3) is 0 Å². The zero-order valence-electron chi connectivity index (χ0n) is 19.4. The van der Waals surface area contributed by atoms with Gasteiger partial charge in [-0.1, -0.05) is 38.3 Å². The first-order valence-electron chi connectivity index (χ1n) is 11.7. The molecule has 1 saturated heterocycles. The lowest BCUT2D eigenvalue weighted by atomic mass is 10.0. The normalized spacial score (nSPS) is 16.6. The number of unbranched alkanes of at least 4 members (excludes halogenated alkanes) is 2. The number of esters is 1. The number of carbonyl (C=O) groups excluding carboxylic acids is 3. The topological polar surface area (TPSA) is 116 Å². The number of ether oxygens (including phenoxy) is 1. The van der Waals surface area contributed by atoms with Gasteiger partial charge in [0.2, 0.25) is 0 Å². The number of anilines is 1. The molecule has 184 valence electrons. The number of imide groups is 1. The molecule has 1 aliphatic rings. The fourth-order valence-electron chi connectivity index (χ4n) is 3.98. The summed E-state index contributed by atoms with van der Waals surface area (Å²) in [5.74, 6) is -0.788. The Hall–Kier alpha value is -2.75. The molecule has 0 bridgehead atoms. The Morgan fingerprint density at radius 2 is 1.91 bits per heavy atom. The first-order chi connectivity index (χ1) is 16.4. The summed E-state index contributed by atoms with van der Waals surface area (Å²) in [7, 11) is 0. The van der Waals surface area contributed by atoms with E-state index in [2.05, 4.69) is 12.2 Å². The van der Waals surface area contributed by atoms with Crippen LogP contribution in [0.2, 0.25) is 0 Å². The van der Waals surface area contributed by atoms with E-state index in [-0.39, 0.29) is 19.1 Å². The molecule has 3 rings (SSSR count). The van der Waals surface area contributed by atoms with Gasteiger partial charge in [0, 0.05) is 10.6 Å². The highest BCUT2D eigenvalue weighted by Crippen LogP contribution is 2.28. The quantitative estimate of drug-likeness (QED) is 0.223. The minimum Gasteiger partial charge on any atom is -0.459 e. The number of aryl methyl sites for hydroxylation is 1. The molecule has 9 heteroatoms. The Kier molecular flexibility index (Phi) is 9.62. The van der Waals surface area contributed by atoms with Crippen LogP contribution in [0.15, 0.2) is 36.4 Å². The van der Waals surface area contributed by atoms with E-state index in [0.717, 1.165) is 29.7 Å². The molecule has 0 spiro atoms. The number of urea groups is 1. The summed E-state index contributed by atoms with van der Waals surface area (Å²) in [4.78, 5) is 39.7. The largest absolute Gasteiger partial charge is 0.459 e. The van der Waals surface area contributed by atoms with Gasteiger partial charge < -0.3 is 14.9 Å². The van der Waals surface area contributed by atoms with Crippen molar-refractivity contribution < 1.29 is 29.3 Å². The van der Waals surface area contributed by atoms with Gasteiger partial charge in [-0.25, -0.2) is 9.59 Å². The SMILES string of the molecule is CCCCCC(O)c1ccc(N2C(=O)NC(=O)[C@@H]2CCCc2ccc(C(=O)OCCO)s2)cc1. The molecule has 2 aromatic rings. The molecule has 0 radical (unpaired) electrons. The van der Waals surface area contributed by atoms with Crippen molar-refractivity contribution in [2.45, 2.75) is 64.0 Å². The second-order valence-electron chi connectivity index (χ2n) is 8.30. The van der Waals surface area contributed by atoms with Crippen molar-refractivity contribution in [2.24, 2.45) is 0 Å². The maximum Gasteiger partial charge on any atom is 0.348 e. The van der Waals surface area contributed by atoms with Crippen LogP contribution in [-0.4, -0.2) is 47.4 Å². The lowest BCUT2D eigenvalue weighted by molar-refractivity contribution is -0.120. The molecule has 34 heavy (non-hydrogen) atoms. The van der Waals surface area contributed by atoms with E-state index in [1.165, 1.54) is 16.2 Å².